The molecule has 0 atom stereocenters. The molecule has 0 aliphatic rings. The van der Waals surface area contributed by atoms with E-state index in [1.165, 1.54) is 0 Å². The zero-order valence-electron chi connectivity index (χ0n) is 10.5. The van der Waals surface area contributed by atoms with Crippen molar-refractivity contribution in [2.75, 3.05) is 19.0 Å². The van der Waals surface area contributed by atoms with E-state index in [4.69, 9.17) is 21.1 Å². The van der Waals surface area contributed by atoms with E-state index >= 15 is 0 Å². The van der Waals surface area contributed by atoms with Crippen molar-refractivity contribution in [3.8, 4) is 5.75 Å². The van der Waals surface area contributed by atoms with Crippen molar-refractivity contribution < 1.29 is 14.3 Å². The minimum absolute atomic E-state index is 0.123. The van der Waals surface area contributed by atoms with Gasteiger partial charge in [0.1, 0.15) is 5.75 Å². The van der Waals surface area contributed by atoms with E-state index in [0.717, 1.165) is 5.69 Å². The molecule has 1 N–H and O–H groups in total. The van der Waals surface area contributed by atoms with Crippen LogP contribution in [0.15, 0.2) is 30.5 Å². The summed E-state index contributed by atoms with van der Waals surface area (Å²) in [6.45, 7) is 5.88. The number of methoxy groups -OCH3 is 1. The van der Waals surface area contributed by atoms with Crippen LogP contribution in [0.25, 0.3) is 0 Å². The Bertz CT molecular complexity index is 446. The smallest absolute Gasteiger partial charge is 0.311 e. The van der Waals surface area contributed by atoms with E-state index in [-0.39, 0.29) is 12.4 Å². The number of halogens is 1. The molecule has 0 aromatic heterocycles. The van der Waals surface area contributed by atoms with Crippen LogP contribution >= 0.6 is 11.6 Å². The highest BCUT2D eigenvalue weighted by molar-refractivity contribution is 6.32. The second-order valence-corrected chi connectivity index (χ2v) is 3.97. The summed E-state index contributed by atoms with van der Waals surface area (Å²) in [4.78, 5) is 11.2. The second kappa shape index (κ2) is 6.91. The molecule has 0 aliphatic carbocycles. The molecule has 0 aliphatic heterocycles. The van der Waals surface area contributed by atoms with Crippen LogP contribution in [0.4, 0.5) is 5.69 Å². The maximum absolute atomic E-state index is 11.2. The third kappa shape index (κ3) is 4.30. The average molecular weight is 270 g/mol. The molecule has 0 saturated heterocycles. The number of nitrogens with one attached hydrogen (secondary N) is 1. The van der Waals surface area contributed by atoms with Crippen LogP contribution in [-0.4, -0.2) is 19.7 Å². The molecule has 0 saturated carbocycles. The van der Waals surface area contributed by atoms with E-state index < -0.39 is 0 Å². The first kappa shape index (κ1) is 14.4. The zero-order chi connectivity index (χ0) is 13.5. The predicted octanol–water partition coefficient (Wildman–Crippen LogP) is 3.23. The summed E-state index contributed by atoms with van der Waals surface area (Å²) in [5.41, 5.74) is 1.30. The van der Waals surface area contributed by atoms with E-state index in [1.807, 2.05) is 0 Å². The van der Waals surface area contributed by atoms with Gasteiger partial charge in [-0.05, 0) is 25.1 Å². The first-order chi connectivity index (χ1) is 8.56. The highest BCUT2D eigenvalue weighted by Gasteiger charge is 2.06. The maximum atomic E-state index is 11.2. The number of rotatable bonds is 6. The van der Waals surface area contributed by atoms with E-state index in [9.17, 15) is 4.79 Å². The molecule has 0 radical (unpaired) electrons. The number of hydrogen-bond donors (Lipinski definition) is 1. The molecule has 4 nitrogen and oxygen atoms in total. The standard InChI is InChI=1S/C13H16ClNO3/c1-4-18-13(16)7-9(2)15-10-5-6-12(17-3)11(14)8-10/h5-6,8,15H,2,4,7H2,1,3H3. The van der Waals surface area contributed by atoms with Gasteiger partial charge < -0.3 is 14.8 Å². The number of esters is 1. The Morgan fingerprint density at radius 2 is 2.22 bits per heavy atom. The molecule has 0 fully saturated rings. The fourth-order valence-corrected chi connectivity index (χ4v) is 1.64. The first-order valence-electron chi connectivity index (χ1n) is 5.50. The minimum atomic E-state index is -0.311. The van der Waals surface area contributed by atoms with Gasteiger partial charge in [0.15, 0.2) is 0 Å². The summed E-state index contributed by atoms with van der Waals surface area (Å²) in [6.07, 6.45) is 0.123. The molecule has 0 bridgehead atoms. The van der Waals surface area contributed by atoms with Gasteiger partial charge in [0.2, 0.25) is 0 Å². The average Bonchev–Trinajstić information content (AvgIpc) is 2.29. The molecular weight excluding hydrogens is 254 g/mol. The second-order valence-electron chi connectivity index (χ2n) is 3.56. The monoisotopic (exact) mass is 269 g/mol. The fourth-order valence-electron chi connectivity index (χ4n) is 1.38. The van der Waals surface area contributed by atoms with E-state index in [1.54, 1.807) is 32.2 Å². The maximum Gasteiger partial charge on any atom is 0.311 e. The predicted molar refractivity (Wildman–Crippen MR) is 72.0 cm³/mol. The summed E-state index contributed by atoms with van der Waals surface area (Å²) in [5.74, 6) is 0.285. The van der Waals surface area contributed by atoms with Crippen LogP contribution in [0.3, 0.4) is 0 Å². The number of carbonyl (C=O) groups excluding carboxylic acids is 1. The third-order valence-electron chi connectivity index (χ3n) is 2.14. The SMILES string of the molecule is C=C(CC(=O)OCC)Nc1ccc(OC)c(Cl)c1. The summed E-state index contributed by atoms with van der Waals surface area (Å²) in [5, 5.41) is 3.48. The fraction of sp³-hybridized carbons (Fsp3) is 0.308. The quantitative estimate of drug-likeness (QED) is 0.806. The molecule has 98 valence electrons. The number of benzene rings is 1. The zero-order valence-corrected chi connectivity index (χ0v) is 11.2. The Morgan fingerprint density at radius 1 is 1.50 bits per heavy atom. The summed E-state index contributed by atoms with van der Waals surface area (Å²) in [7, 11) is 1.55. The summed E-state index contributed by atoms with van der Waals surface area (Å²) in [6, 6.07) is 5.24. The van der Waals surface area contributed by atoms with Crippen molar-refractivity contribution >= 4 is 23.3 Å². The Hall–Kier alpha value is -1.68. The van der Waals surface area contributed by atoms with Gasteiger partial charge in [-0.3, -0.25) is 4.79 Å². The van der Waals surface area contributed by atoms with Crippen molar-refractivity contribution in [3.05, 3.63) is 35.5 Å². The molecule has 1 aromatic rings. The number of ether oxygens (including phenoxy) is 2. The van der Waals surface area contributed by atoms with Crippen molar-refractivity contribution in [2.24, 2.45) is 0 Å². The lowest BCUT2D eigenvalue weighted by Gasteiger charge is -2.10. The van der Waals surface area contributed by atoms with Crippen LogP contribution < -0.4 is 10.1 Å². The van der Waals surface area contributed by atoms with Gasteiger partial charge in [0.25, 0.3) is 0 Å². The van der Waals surface area contributed by atoms with Gasteiger partial charge in [-0.1, -0.05) is 18.2 Å². The highest BCUT2D eigenvalue weighted by atomic mass is 35.5. The molecule has 18 heavy (non-hydrogen) atoms. The number of anilines is 1. The molecule has 1 aromatic carbocycles. The largest absolute Gasteiger partial charge is 0.495 e. The molecular formula is C13H16ClNO3. The highest BCUT2D eigenvalue weighted by Crippen LogP contribution is 2.27. The van der Waals surface area contributed by atoms with E-state index in [2.05, 4.69) is 11.9 Å². The van der Waals surface area contributed by atoms with Crippen LogP contribution in [0, 0.1) is 0 Å². The molecule has 5 heteroatoms. The van der Waals surface area contributed by atoms with E-state index in [0.29, 0.717) is 23.1 Å². The Labute approximate surface area is 112 Å². The number of hydrogen-bond acceptors (Lipinski definition) is 4. The summed E-state index contributed by atoms with van der Waals surface area (Å²) >= 11 is 5.98. The lowest BCUT2D eigenvalue weighted by Crippen LogP contribution is -2.09. The first-order valence-corrected chi connectivity index (χ1v) is 5.88. The normalized spacial score (nSPS) is 9.72. The molecule has 0 unspecified atom stereocenters. The lowest BCUT2D eigenvalue weighted by molar-refractivity contribution is -0.142. The van der Waals surface area contributed by atoms with Crippen molar-refractivity contribution in [1.82, 2.24) is 0 Å². The summed E-state index contributed by atoms with van der Waals surface area (Å²) < 4.78 is 9.87. The Morgan fingerprint density at radius 3 is 2.78 bits per heavy atom. The Balaban J connectivity index is 2.59. The Kier molecular flexibility index (Phi) is 5.52. The van der Waals surface area contributed by atoms with Gasteiger partial charge in [-0.25, -0.2) is 0 Å². The van der Waals surface area contributed by atoms with Crippen molar-refractivity contribution in [1.29, 1.82) is 0 Å². The molecule has 1 rings (SSSR count). The van der Waals surface area contributed by atoms with Gasteiger partial charge in [0, 0.05) is 11.4 Å². The molecule has 0 spiro atoms. The van der Waals surface area contributed by atoms with Crippen molar-refractivity contribution in [2.45, 2.75) is 13.3 Å². The van der Waals surface area contributed by atoms with Gasteiger partial charge in [-0.15, -0.1) is 0 Å². The minimum Gasteiger partial charge on any atom is -0.495 e. The van der Waals surface area contributed by atoms with Crippen molar-refractivity contribution in [3.63, 3.8) is 0 Å². The van der Waals surface area contributed by atoms with Gasteiger partial charge in [0.05, 0.1) is 25.2 Å². The van der Waals surface area contributed by atoms with Crippen LogP contribution in [0.2, 0.25) is 5.02 Å². The topological polar surface area (TPSA) is 47.6 Å². The lowest BCUT2D eigenvalue weighted by atomic mass is 10.2. The van der Waals surface area contributed by atoms with Gasteiger partial charge in [-0.2, -0.15) is 0 Å². The van der Waals surface area contributed by atoms with Crippen LogP contribution in [0.1, 0.15) is 13.3 Å². The number of carbonyl (C=O) groups is 1. The van der Waals surface area contributed by atoms with Crippen LogP contribution in [-0.2, 0) is 9.53 Å². The van der Waals surface area contributed by atoms with Crippen LogP contribution in [0.5, 0.6) is 5.75 Å². The molecule has 0 heterocycles. The third-order valence-corrected chi connectivity index (χ3v) is 2.43. The van der Waals surface area contributed by atoms with Gasteiger partial charge >= 0.3 is 5.97 Å². The molecule has 0 amide bonds.